The summed E-state index contributed by atoms with van der Waals surface area (Å²) >= 11 is 0. The molecule has 1 N–H and O–H groups in total. The van der Waals surface area contributed by atoms with Crippen LogP contribution >= 0.6 is 0 Å². The first-order chi connectivity index (χ1) is 17.1. The lowest BCUT2D eigenvalue weighted by Crippen LogP contribution is -2.55. The van der Waals surface area contributed by atoms with Crippen molar-refractivity contribution < 1.29 is 39.9 Å². The summed E-state index contributed by atoms with van der Waals surface area (Å²) in [5, 5.41) is 9.59. The monoisotopic (exact) mass is 550 g/mol. The fourth-order valence-corrected chi connectivity index (χ4v) is 7.02. The lowest BCUT2D eigenvalue weighted by molar-refractivity contribution is -0.376. The largest absolute Gasteiger partial charge is 0.430 e. The van der Waals surface area contributed by atoms with E-state index in [4.69, 9.17) is 0 Å². The summed E-state index contributed by atoms with van der Waals surface area (Å²) in [5.41, 5.74) is -3.47. The van der Waals surface area contributed by atoms with Crippen molar-refractivity contribution in [2.45, 2.75) is 63.3 Å². The van der Waals surface area contributed by atoms with Crippen molar-refractivity contribution in [2.24, 2.45) is 0 Å². The van der Waals surface area contributed by atoms with Crippen molar-refractivity contribution in [3.63, 3.8) is 0 Å². The van der Waals surface area contributed by atoms with Crippen molar-refractivity contribution in [3.05, 3.63) is 59.2 Å². The molecule has 2 heterocycles. The van der Waals surface area contributed by atoms with E-state index in [1.807, 2.05) is 12.1 Å². The van der Waals surface area contributed by atoms with Gasteiger partial charge in [0.05, 0.1) is 5.75 Å². The molecule has 2 fully saturated rings. The first kappa shape index (κ1) is 27.9. The number of piperazine rings is 1. The number of aliphatic hydroxyl groups is 1. The number of hydrogen-bond acceptors (Lipinski definition) is 4. The van der Waals surface area contributed by atoms with Gasteiger partial charge in [-0.25, -0.2) is 8.42 Å². The van der Waals surface area contributed by atoms with E-state index in [1.54, 1.807) is 24.2 Å². The van der Waals surface area contributed by atoms with E-state index in [9.17, 15) is 39.9 Å². The summed E-state index contributed by atoms with van der Waals surface area (Å²) in [5.74, 6) is 0.0767. The average Bonchev–Trinajstić information content (AvgIpc) is 3.09. The Balaban J connectivity index is 1.50. The Bertz CT molecular complexity index is 1220. The van der Waals surface area contributed by atoms with Crippen LogP contribution in [0.4, 0.5) is 26.3 Å². The van der Waals surface area contributed by atoms with Gasteiger partial charge in [0.15, 0.2) is 0 Å². The fraction of sp³-hybridized carbons (Fsp3) is 0.520. The van der Waals surface area contributed by atoms with Crippen LogP contribution in [0.15, 0.2) is 42.5 Å². The number of benzene rings is 2. The van der Waals surface area contributed by atoms with E-state index in [0.29, 0.717) is 42.9 Å². The van der Waals surface area contributed by atoms with Gasteiger partial charge in [-0.05, 0) is 48.9 Å². The highest BCUT2D eigenvalue weighted by Crippen LogP contribution is 2.50. The maximum atomic E-state index is 13.2. The van der Waals surface area contributed by atoms with Crippen LogP contribution in [0.3, 0.4) is 0 Å². The van der Waals surface area contributed by atoms with Gasteiger partial charge < -0.3 is 5.11 Å². The first-order valence-electron chi connectivity index (χ1n) is 11.9. The third-order valence-electron chi connectivity index (χ3n) is 7.31. The van der Waals surface area contributed by atoms with Crippen LogP contribution < -0.4 is 0 Å². The number of alkyl halides is 6. The molecule has 204 valence electrons. The lowest BCUT2D eigenvalue weighted by atomic mass is 9.90. The predicted octanol–water partition coefficient (Wildman–Crippen LogP) is 4.97. The second kappa shape index (κ2) is 9.55. The molecule has 2 saturated heterocycles. The summed E-state index contributed by atoms with van der Waals surface area (Å²) in [6, 6.07) is 8.95. The molecule has 2 atom stereocenters. The van der Waals surface area contributed by atoms with Gasteiger partial charge in [0.1, 0.15) is 0 Å². The molecule has 0 amide bonds. The molecule has 2 aliphatic heterocycles. The van der Waals surface area contributed by atoms with E-state index in [2.05, 4.69) is 4.90 Å². The third-order valence-corrected chi connectivity index (χ3v) is 9.28. The highest BCUT2D eigenvalue weighted by molar-refractivity contribution is 7.89. The number of fused-ring (bicyclic) bond motifs is 2. The minimum atomic E-state index is -5.93. The average molecular weight is 551 g/mol. The van der Waals surface area contributed by atoms with Crippen molar-refractivity contribution >= 4 is 10.0 Å². The van der Waals surface area contributed by atoms with Crippen LogP contribution in [0.1, 0.15) is 36.5 Å². The molecule has 0 saturated carbocycles. The standard InChI is InChI=1S/C25H28F6N2O3S/c1-3-37(35,36)33-20-9-10-21(33)15-32(14-20)13-17-4-11-22(16(2)12-17)18-5-7-19(8-6-18)23(34,24(26,27)28)25(29,30)31/h4-8,11-12,20-21,34H,3,9-10,13-15H2,1-2H3. The molecule has 2 unspecified atom stereocenters. The van der Waals surface area contributed by atoms with Gasteiger partial charge in [-0.15, -0.1) is 0 Å². The van der Waals surface area contributed by atoms with Gasteiger partial charge in [0.25, 0.3) is 5.60 Å². The Morgan fingerprint density at radius 1 is 0.919 bits per heavy atom. The zero-order valence-electron chi connectivity index (χ0n) is 20.3. The Kier molecular flexibility index (Phi) is 7.19. The molecule has 37 heavy (non-hydrogen) atoms. The smallest absolute Gasteiger partial charge is 0.369 e. The number of nitrogens with zero attached hydrogens (tertiary/aromatic N) is 2. The molecule has 4 rings (SSSR count). The molecule has 5 nitrogen and oxygen atoms in total. The first-order valence-corrected chi connectivity index (χ1v) is 13.5. The van der Waals surface area contributed by atoms with E-state index in [1.165, 1.54) is 0 Å². The van der Waals surface area contributed by atoms with Gasteiger partial charge in [0.2, 0.25) is 10.0 Å². The van der Waals surface area contributed by atoms with E-state index < -0.39 is 33.5 Å². The summed E-state index contributed by atoms with van der Waals surface area (Å²) in [6.45, 7) is 5.28. The van der Waals surface area contributed by atoms with Gasteiger partial charge in [-0.2, -0.15) is 30.6 Å². The molecule has 2 aliphatic rings. The topological polar surface area (TPSA) is 60.9 Å². The molecular weight excluding hydrogens is 522 g/mol. The summed E-state index contributed by atoms with van der Waals surface area (Å²) in [4.78, 5) is 2.21. The fourth-order valence-electron chi connectivity index (χ4n) is 5.47. The Labute approximate surface area is 211 Å². The predicted molar refractivity (Wildman–Crippen MR) is 126 cm³/mol. The molecular formula is C25H28F6N2O3S. The Morgan fingerprint density at radius 3 is 1.92 bits per heavy atom. The molecule has 0 aliphatic carbocycles. The molecule has 12 heteroatoms. The normalized spacial score (nSPS) is 22.0. The van der Waals surface area contributed by atoms with Gasteiger partial charge in [-0.1, -0.05) is 42.5 Å². The maximum Gasteiger partial charge on any atom is 0.430 e. The number of hydrogen-bond donors (Lipinski definition) is 1. The van der Waals surface area contributed by atoms with E-state index in [0.717, 1.165) is 36.1 Å². The van der Waals surface area contributed by atoms with Crippen molar-refractivity contribution in [2.75, 3.05) is 18.8 Å². The Hall–Kier alpha value is -2.15. The molecule has 2 aromatic carbocycles. The van der Waals surface area contributed by atoms with Crippen molar-refractivity contribution in [1.29, 1.82) is 0 Å². The third kappa shape index (κ3) is 5.00. The Morgan fingerprint density at radius 2 is 1.46 bits per heavy atom. The minimum absolute atomic E-state index is 0.0466. The van der Waals surface area contributed by atoms with E-state index >= 15 is 0 Å². The second-order valence-electron chi connectivity index (χ2n) is 9.74. The van der Waals surface area contributed by atoms with Crippen LogP contribution in [0, 0.1) is 6.92 Å². The van der Waals surface area contributed by atoms with E-state index in [-0.39, 0.29) is 17.8 Å². The number of rotatable bonds is 6. The summed E-state index contributed by atoms with van der Waals surface area (Å²) in [7, 11) is -3.26. The molecule has 0 spiro atoms. The van der Waals surface area contributed by atoms with Crippen molar-refractivity contribution in [1.82, 2.24) is 9.21 Å². The molecule has 0 radical (unpaired) electrons. The quantitative estimate of drug-likeness (QED) is 0.516. The van der Waals surface area contributed by atoms with Gasteiger partial charge in [0, 0.05) is 37.3 Å². The number of aryl methyl sites for hydroxylation is 1. The van der Waals surface area contributed by atoms with Gasteiger partial charge in [-0.3, -0.25) is 4.90 Å². The number of halogens is 6. The van der Waals surface area contributed by atoms with Crippen LogP contribution in [0.5, 0.6) is 0 Å². The highest BCUT2D eigenvalue weighted by atomic mass is 32.2. The lowest BCUT2D eigenvalue weighted by Gasteiger charge is -2.40. The van der Waals surface area contributed by atoms with Crippen LogP contribution in [-0.2, 0) is 22.2 Å². The molecule has 2 aromatic rings. The van der Waals surface area contributed by atoms with Gasteiger partial charge >= 0.3 is 12.4 Å². The summed E-state index contributed by atoms with van der Waals surface area (Å²) < 4.78 is 105. The highest BCUT2D eigenvalue weighted by Gasteiger charge is 2.71. The zero-order valence-corrected chi connectivity index (χ0v) is 21.1. The number of likely N-dealkylation sites (tertiary alicyclic amines) is 1. The minimum Gasteiger partial charge on any atom is -0.369 e. The van der Waals surface area contributed by atoms with Crippen LogP contribution in [-0.4, -0.2) is 66.0 Å². The summed E-state index contributed by atoms with van der Waals surface area (Å²) in [6.07, 6.45) is -10.2. The van der Waals surface area contributed by atoms with Crippen LogP contribution in [0.2, 0.25) is 0 Å². The molecule has 0 aromatic heterocycles. The number of sulfonamides is 1. The van der Waals surface area contributed by atoms with Crippen molar-refractivity contribution in [3.8, 4) is 11.1 Å². The maximum absolute atomic E-state index is 13.2. The zero-order chi connectivity index (χ0) is 27.4. The molecule has 2 bridgehead atoms. The SMILES string of the molecule is CCS(=O)(=O)N1C2CCC1CN(Cc1ccc(-c3ccc(C(O)(C(F)(F)F)C(F)(F)F)cc3)c(C)c1)C2. The second-order valence-corrected chi connectivity index (χ2v) is 11.9. The van der Waals surface area contributed by atoms with Crippen LogP contribution in [0.25, 0.3) is 11.1 Å².